The van der Waals surface area contributed by atoms with Crippen LogP contribution in [-0.2, 0) is 20.7 Å². The lowest BCUT2D eigenvalue weighted by Gasteiger charge is -2.45. The Morgan fingerprint density at radius 2 is 1.86 bits per heavy atom. The van der Waals surface area contributed by atoms with Crippen LogP contribution in [0.25, 0.3) is 0 Å². The van der Waals surface area contributed by atoms with Gasteiger partial charge in [-0.25, -0.2) is 4.79 Å². The number of fused-ring (bicyclic) bond motifs is 1. The fraction of sp³-hybridized carbons (Fsp3) is 0.667. The zero-order valence-electron chi connectivity index (χ0n) is 21.6. The predicted octanol–water partition coefficient (Wildman–Crippen LogP) is 2.29. The van der Waals surface area contributed by atoms with E-state index >= 15 is 0 Å². The van der Waals surface area contributed by atoms with E-state index in [1.807, 2.05) is 29.2 Å². The third-order valence-electron chi connectivity index (χ3n) is 7.87. The standard InChI is InChI=1S/C27H40N4O5/c1-35-17-16-30(19-21-6-5-14-29-13-4-3-7-24(21)29)25(32)18-23-26(33)31(27(34)28-23)15-12-20-8-10-22(36-2)11-9-20/h8-11,21,23-24H,3-7,12-19H2,1-2H3,(H,28,34)/t21-,23-,24-/m0/s1. The SMILES string of the molecule is COCCN(C[C@@H]1CCCN2CCCC[C@@H]12)C(=O)C[C@@H]1NC(=O)N(CCc2ccc(OC)cc2)C1=O. The molecule has 4 amide bonds. The zero-order chi connectivity index (χ0) is 25.5. The summed E-state index contributed by atoms with van der Waals surface area (Å²) in [6, 6.07) is 6.84. The number of methoxy groups -OCH3 is 2. The average molecular weight is 501 g/mol. The molecule has 0 radical (unpaired) electrons. The Bertz CT molecular complexity index is 906. The molecule has 0 bridgehead atoms. The summed E-state index contributed by atoms with van der Waals surface area (Å²) in [6.07, 6.45) is 6.51. The van der Waals surface area contributed by atoms with Crippen molar-refractivity contribution in [2.24, 2.45) is 5.92 Å². The van der Waals surface area contributed by atoms with Crippen LogP contribution < -0.4 is 10.1 Å². The van der Waals surface area contributed by atoms with E-state index in [2.05, 4.69) is 10.2 Å². The maximum absolute atomic E-state index is 13.4. The Kier molecular flexibility index (Phi) is 9.20. The lowest BCUT2D eigenvalue weighted by molar-refractivity contribution is -0.137. The minimum absolute atomic E-state index is 0.0194. The van der Waals surface area contributed by atoms with E-state index in [1.165, 1.54) is 24.2 Å². The van der Waals surface area contributed by atoms with Crippen LogP contribution in [0.4, 0.5) is 4.79 Å². The number of piperidine rings is 2. The van der Waals surface area contributed by atoms with E-state index < -0.39 is 12.1 Å². The van der Waals surface area contributed by atoms with Gasteiger partial charge in [-0.05, 0) is 68.8 Å². The quantitative estimate of drug-likeness (QED) is 0.469. The topological polar surface area (TPSA) is 91.4 Å². The second-order valence-electron chi connectivity index (χ2n) is 10.1. The van der Waals surface area contributed by atoms with Gasteiger partial charge < -0.3 is 24.6 Å². The summed E-state index contributed by atoms with van der Waals surface area (Å²) in [7, 11) is 3.24. The molecule has 3 heterocycles. The zero-order valence-corrected chi connectivity index (χ0v) is 21.6. The maximum atomic E-state index is 13.4. The van der Waals surface area contributed by atoms with E-state index in [0.29, 0.717) is 38.1 Å². The van der Waals surface area contributed by atoms with Gasteiger partial charge in [0.1, 0.15) is 11.8 Å². The van der Waals surface area contributed by atoms with Crippen molar-refractivity contribution in [2.75, 3.05) is 53.6 Å². The third kappa shape index (κ3) is 6.37. The van der Waals surface area contributed by atoms with E-state index in [-0.39, 0.29) is 24.8 Å². The van der Waals surface area contributed by atoms with Gasteiger partial charge in [0, 0.05) is 32.8 Å². The smallest absolute Gasteiger partial charge is 0.324 e. The van der Waals surface area contributed by atoms with Crippen molar-refractivity contribution in [1.82, 2.24) is 20.0 Å². The van der Waals surface area contributed by atoms with Crippen LogP contribution in [-0.4, -0.2) is 98.2 Å². The summed E-state index contributed by atoms with van der Waals surface area (Å²) in [6.45, 7) is 4.21. The van der Waals surface area contributed by atoms with Crippen LogP contribution in [0.5, 0.6) is 5.75 Å². The number of nitrogens with one attached hydrogen (secondary N) is 1. The Morgan fingerprint density at radius 3 is 2.61 bits per heavy atom. The second kappa shape index (κ2) is 12.5. The molecule has 0 saturated carbocycles. The summed E-state index contributed by atoms with van der Waals surface area (Å²) in [5.74, 6) is 0.768. The number of carbonyl (C=O) groups is 3. The first-order valence-corrected chi connectivity index (χ1v) is 13.3. The summed E-state index contributed by atoms with van der Waals surface area (Å²) in [5.41, 5.74) is 1.01. The number of carbonyl (C=O) groups excluding carboxylic acids is 3. The molecule has 3 atom stereocenters. The van der Waals surface area contributed by atoms with Crippen molar-refractivity contribution >= 4 is 17.8 Å². The molecule has 0 unspecified atom stereocenters. The van der Waals surface area contributed by atoms with Crippen molar-refractivity contribution in [1.29, 1.82) is 0 Å². The molecule has 3 saturated heterocycles. The molecule has 3 fully saturated rings. The molecule has 9 heteroatoms. The molecular weight excluding hydrogens is 460 g/mol. The summed E-state index contributed by atoms with van der Waals surface area (Å²) >= 11 is 0. The van der Waals surface area contributed by atoms with Gasteiger partial charge in [0.2, 0.25) is 5.91 Å². The van der Waals surface area contributed by atoms with E-state index in [0.717, 1.165) is 37.2 Å². The number of ether oxygens (including phenoxy) is 2. The molecule has 3 aliphatic rings. The molecule has 0 aliphatic carbocycles. The summed E-state index contributed by atoms with van der Waals surface area (Å²) in [5, 5.41) is 2.73. The molecular formula is C27H40N4O5. The third-order valence-corrected chi connectivity index (χ3v) is 7.87. The first-order valence-electron chi connectivity index (χ1n) is 13.3. The van der Waals surface area contributed by atoms with Gasteiger partial charge >= 0.3 is 6.03 Å². The molecule has 4 rings (SSSR count). The van der Waals surface area contributed by atoms with Crippen LogP contribution in [0.3, 0.4) is 0 Å². The Morgan fingerprint density at radius 1 is 1.08 bits per heavy atom. The summed E-state index contributed by atoms with van der Waals surface area (Å²) in [4.78, 5) is 44.6. The molecule has 0 aromatic heterocycles. The molecule has 36 heavy (non-hydrogen) atoms. The van der Waals surface area contributed by atoms with Crippen molar-refractivity contribution in [3.8, 4) is 5.75 Å². The highest BCUT2D eigenvalue weighted by Gasteiger charge is 2.40. The first-order chi connectivity index (χ1) is 17.5. The van der Waals surface area contributed by atoms with Gasteiger partial charge in [-0.15, -0.1) is 0 Å². The lowest BCUT2D eigenvalue weighted by atomic mass is 9.83. The number of nitrogens with zero attached hydrogens (tertiary/aromatic N) is 3. The Hall–Kier alpha value is -2.65. The highest BCUT2D eigenvalue weighted by Crippen LogP contribution is 2.31. The van der Waals surface area contributed by atoms with Gasteiger partial charge in [-0.2, -0.15) is 0 Å². The van der Waals surface area contributed by atoms with Gasteiger partial charge in [-0.3, -0.25) is 14.5 Å². The molecule has 0 spiro atoms. The number of rotatable bonds is 11. The van der Waals surface area contributed by atoms with Crippen LogP contribution in [0, 0.1) is 5.92 Å². The minimum Gasteiger partial charge on any atom is -0.497 e. The summed E-state index contributed by atoms with van der Waals surface area (Å²) < 4.78 is 10.5. The maximum Gasteiger partial charge on any atom is 0.324 e. The number of hydrogen-bond donors (Lipinski definition) is 1. The molecule has 198 valence electrons. The van der Waals surface area contributed by atoms with Gasteiger partial charge in [0.15, 0.2) is 0 Å². The molecule has 3 aliphatic heterocycles. The number of imide groups is 1. The molecule has 1 aromatic rings. The highest BCUT2D eigenvalue weighted by atomic mass is 16.5. The Labute approximate surface area is 214 Å². The van der Waals surface area contributed by atoms with E-state index in [1.54, 1.807) is 14.2 Å². The number of hydrogen-bond acceptors (Lipinski definition) is 6. The lowest BCUT2D eigenvalue weighted by Crippen LogP contribution is -2.52. The number of urea groups is 1. The van der Waals surface area contributed by atoms with Crippen LogP contribution in [0.15, 0.2) is 24.3 Å². The van der Waals surface area contributed by atoms with Crippen LogP contribution in [0.1, 0.15) is 44.1 Å². The molecule has 1 N–H and O–H groups in total. The molecule has 1 aromatic carbocycles. The fourth-order valence-corrected chi connectivity index (χ4v) is 5.86. The van der Waals surface area contributed by atoms with Crippen molar-refractivity contribution in [3.63, 3.8) is 0 Å². The van der Waals surface area contributed by atoms with E-state index in [4.69, 9.17) is 9.47 Å². The minimum atomic E-state index is -0.816. The van der Waals surface area contributed by atoms with Crippen molar-refractivity contribution in [2.45, 2.75) is 57.0 Å². The second-order valence-corrected chi connectivity index (χ2v) is 10.1. The first kappa shape index (κ1) is 26.4. The average Bonchev–Trinajstić information content (AvgIpc) is 3.17. The van der Waals surface area contributed by atoms with Crippen LogP contribution in [0.2, 0.25) is 0 Å². The number of amides is 4. The number of benzene rings is 1. The molecule has 9 nitrogen and oxygen atoms in total. The van der Waals surface area contributed by atoms with Crippen molar-refractivity contribution < 1.29 is 23.9 Å². The van der Waals surface area contributed by atoms with Gasteiger partial charge in [-0.1, -0.05) is 18.6 Å². The Balaban J connectivity index is 1.34. The predicted molar refractivity (Wildman–Crippen MR) is 136 cm³/mol. The van der Waals surface area contributed by atoms with Crippen molar-refractivity contribution in [3.05, 3.63) is 29.8 Å². The fourth-order valence-electron chi connectivity index (χ4n) is 5.86. The normalized spacial score (nSPS) is 24.4. The van der Waals surface area contributed by atoms with E-state index in [9.17, 15) is 14.4 Å². The van der Waals surface area contributed by atoms with Gasteiger partial charge in [0.05, 0.1) is 20.1 Å². The largest absolute Gasteiger partial charge is 0.497 e. The monoisotopic (exact) mass is 500 g/mol. The van der Waals surface area contributed by atoms with Crippen LogP contribution >= 0.6 is 0 Å². The highest BCUT2D eigenvalue weighted by molar-refractivity contribution is 6.05. The van der Waals surface area contributed by atoms with Gasteiger partial charge in [0.25, 0.3) is 5.91 Å².